The third kappa shape index (κ3) is 5.04. The predicted molar refractivity (Wildman–Crippen MR) is 122 cm³/mol. The second-order valence-electron chi connectivity index (χ2n) is 8.09. The van der Waals surface area contributed by atoms with Crippen molar-refractivity contribution in [2.45, 2.75) is 32.7 Å². The standard InChI is InChI=1S/C25H27FN4O2/c1-2-18-8-10-22(11-9-18)30-24(31)13-12-23(28-30)29-14-4-6-20(17-29)25(32)27-16-19-5-3-7-21(26)15-19/h3,5,7-13,15,20H,2,4,6,14,16-17H2,1H3,(H,27,32)/t20-/m1/s1. The van der Waals surface area contributed by atoms with Gasteiger partial charge >= 0.3 is 0 Å². The van der Waals surface area contributed by atoms with Gasteiger partial charge in [0.15, 0.2) is 0 Å². The number of hydrogen-bond acceptors (Lipinski definition) is 4. The number of hydrogen-bond donors (Lipinski definition) is 1. The number of piperidine rings is 1. The monoisotopic (exact) mass is 434 g/mol. The fourth-order valence-corrected chi connectivity index (χ4v) is 4.01. The zero-order valence-electron chi connectivity index (χ0n) is 18.1. The van der Waals surface area contributed by atoms with Crippen molar-refractivity contribution in [2.75, 3.05) is 18.0 Å². The minimum atomic E-state index is -0.314. The Morgan fingerprint density at radius 3 is 2.69 bits per heavy atom. The van der Waals surface area contributed by atoms with Crippen molar-refractivity contribution in [3.05, 3.63) is 88.0 Å². The third-order valence-corrected chi connectivity index (χ3v) is 5.85. The number of nitrogens with one attached hydrogen (secondary N) is 1. The van der Waals surface area contributed by atoms with E-state index < -0.39 is 0 Å². The maximum atomic E-state index is 13.4. The van der Waals surface area contributed by atoms with E-state index in [1.54, 1.807) is 18.2 Å². The van der Waals surface area contributed by atoms with E-state index in [9.17, 15) is 14.0 Å². The lowest BCUT2D eigenvalue weighted by Crippen LogP contribution is -2.43. The van der Waals surface area contributed by atoms with Crippen LogP contribution in [0.2, 0.25) is 0 Å². The maximum absolute atomic E-state index is 13.4. The molecule has 1 aliphatic heterocycles. The summed E-state index contributed by atoms with van der Waals surface area (Å²) >= 11 is 0. The number of carbonyl (C=O) groups excluding carboxylic acids is 1. The summed E-state index contributed by atoms with van der Waals surface area (Å²) in [4.78, 5) is 27.2. The normalized spacial score (nSPS) is 16.1. The fraction of sp³-hybridized carbons (Fsp3) is 0.320. The molecule has 3 aromatic rings. The molecule has 0 aliphatic carbocycles. The van der Waals surface area contributed by atoms with Gasteiger partial charge in [-0.05, 0) is 60.7 Å². The Bertz CT molecular complexity index is 1140. The molecule has 1 N–H and O–H groups in total. The lowest BCUT2D eigenvalue weighted by atomic mass is 9.97. The number of aromatic nitrogens is 2. The Labute approximate surface area is 186 Å². The molecule has 32 heavy (non-hydrogen) atoms. The van der Waals surface area contributed by atoms with Crippen LogP contribution < -0.4 is 15.8 Å². The number of nitrogens with zero attached hydrogens (tertiary/aromatic N) is 3. The van der Waals surface area contributed by atoms with E-state index in [4.69, 9.17) is 0 Å². The molecule has 1 aromatic heterocycles. The highest BCUT2D eigenvalue weighted by Crippen LogP contribution is 2.22. The van der Waals surface area contributed by atoms with Crippen LogP contribution in [0.4, 0.5) is 10.2 Å². The van der Waals surface area contributed by atoms with Crippen LogP contribution in [0.15, 0.2) is 65.5 Å². The van der Waals surface area contributed by atoms with Crippen molar-refractivity contribution in [1.29, 1.82) is 0 Å². The van der Waals surface area contributed by atoms with Gasteiger partial charge in [0.2, 0.25) is 5.91 Å². The van der Waals surface area contributed by atoms with Crippen LogP contribution in [-0.2, 0) is 17.8 Å². The lowest BCUT2D eigenvalue weighted by Gasteiger charge is -2.33. The van der Waals surface area contributed by atoms with Crippen molar-refractivity contribution in [2.24, 2.45) is 5.92 Å². The number of aryl methyl sites for hydroxylation is 1. The number of carbonyl (C=O) groups is 1. The molecule has 2 heterocycles. The van der Waals surface area contributed by atoms with E-state index in [1.165, 1.54) is 28.4 Å². The van der Waals surface area contributed by atoms with E-state index in [2.05, 4.69) is 17.3 Å². The van der Waals surface area contributed by atoms with Crippen LogP contribution in [0.1, 0.15) is 30.9 Å². The Morgan fingerprint density at radius 2 is 1.94 bits per heavy atom. The third-order valence-electron chi connectivity index (χ3n) is 5.85. The molecule has 6 nitrogen and oxygen atoms in total. The Hall–Kier alpha value is -3.48. The van der Waals surface area contributed by atoms with Crippen molar-refractivity contribution in [3.63, 3.8) is 0 Å². The second-order valence-corrected chi connectivity index (χ2v) is 8.09. The summed E-state index contributed by atoms with van der Waals surface area (Å²) in [7, 11) is 0. The highest BCUT2D eigenvalue weighted by molar-refractivity contribution is 5.79. The van der Waals surface area contributed by atoms with Crippen LogP contribution in [0.3, 0.4) is 0 Å². The molecule has 0 radical (unpaired) electrons. The van der Waals surface area contributed by atoms with Crippen LogP contribution in [0.25, 0.3) is 5.69 Å². The molecule has 1 saturated heterocycles. The number of halogens is 1. The molecule has 0 saturated carbocycles. The second kappa shape index (κ2) is 9.77. The molecule has 0 bridgehead atoms. The van der Waals surface area contributed by atoms with Gasteiger partial charge in [0.05, 0.1) is 11.6 Å². The Morgan fingerprint density at radius 1 is 1.12 bits per heavy atom. The van der Waals surface area contributed by atoms with Gasteiger partial charge in [-0.25, -0.2) is 4.39 Å². The quantitative estimate of drug-likeness (QED) is 0.645. The van der Waals surface area contributed by atoms with E-state index in [1.807, 2.05) is 29.2 Å². The zero-order chi connectivity index (χ0) is 22.5. The average Bonchev–Trinajstić information content (AvgIpc) is 2.83. The van der Waals surface area contributed by atoms with Crippen molar-refractivity contribution in [1.82, 2.24) is 15.1 Å². The molecule has 0 unspecified atom stereocenters. The van der Waals surface area contributed by atoms with Crippen LogP contribution >= 0.6 is 0 Å². The average molecular weight is 435 g/mol. The molecule has 2 aromatic carbocycles. The number of benzene rings is 2. The maximum Gasteiger partial charge on any atom is 0.271 e. The Balaban J connectivity index is 1.45. The molecule has 1 aliphatic rings. The first-order valence-corrected chi connectivity index (χ1v) is 11.0. The van der Waals surface area contributed by atoms with Crippen molar-refractivity contribution < 1.29 is 9.18 Å². The van der Waals surface area contributed by atoms with Gasteiger partial charge in [0, 0.05) is 25.7 Å². The van der Waals surface area contributed by atoms with Crippen LogP contribution in [0.5, 0.6) is 0 Å². The first kappa shape index (κ1) is 21.7. The van der Waals surface area contributed by atoms with Gasteiger partial charge in [-0.15, -0.1) is 5.10 Å². The minimum absolute atomic E-state index is 0.0533. The fourth-order valence-electron chi connectivity index (χ4n) is 4.01. The summed E-state index contributed by atoms with van der Waals surface area (Å²) in [5.41, 5.74) is 2.45. The van der Waals surface area contributed by atoms with Crippen molar-refractivity contribution >= 4 is 11.7 Å². The first-order valence-electron chi connectivity index (χ1n) is 11.0. The van der Waals surface area contributed by atoms with E-state index in [0.717, 1.165) is 37.1 Å². The summed E-state index contributed by atoms with van der Waals surface area (Å²) in [6.07, 6.45) is 2.56. The van der Waals surface area contributed by atoms with Gasteiger partial charge < -0.3 is 10.2 Å². The van der Waals surface area contributed by atoms with Crippen molar-refractivity contribution in [3.8, 4) is 5.69 Å². The predicted octanol–water partition coefficient (Wildman–Crippen LogP) is 3.47. The molecule has 0 spiro atoms. The number of anilines is 1. The summed E-state index contributed by atoms with van der Waals surface area (Å²) in [5, 5.41) is 7.49. The summed E-state index contributed by atoms with van der Waals surface area (Å²) in [6.45, 7) is 3.67. The van der Waals surface area contributed by atoms with Gasteiger partial charge in [-0.1, -0.05) is 31.2 Å². The summed E-state index contributed by atoms with van der Waals surface area (Å²) in [5.74, 6) is 0.115. The highest BCUT2D eigenvalue weighted by Gasteiger charge is 2.26. The van der Waals surface area contributed by atoms with Gasteiger partial charge in [-0.3, -0.25) is 9.59 Å². The molecule has 166 valence electrons. The van der Waals surface area contributed by atoms with Gasteiger partial charge in [0.1, 0.15) is 11.6 Å². The minimum Gasteiger partial charge on any atom is -0.354 e. The lowest BCUT2D eigenvalue weighted by molar-refractivity contribution is -0.125. The van der Waals surface area contributed by atoms with Gasteiger partial charge in [-0.2, -0.15) is 4.68 Å². The number of amides is 1. The molecular formula is C25H27FN4O2. The smallest absolute Gasteiger partial charge is 0.271 e. The topological polar surface area (TPSA) is 67.2 Å². The van der Waals surface area contributed by atoms with Crippen LogP contribution in [-0.4, -0.2) is 28.8 Å². The largest absolute Gasteiger partial charge is 0.354 e. The van der Waals surface area contributed by atoms with E-state index >= 15 is 0 Å². The highest BCUT2D eigenvalue weighted by atomic mass is 19.1. The molecule has 1 fully saturated rings. The molecule has 1 atom stereocenters. The molecule has 7 heteroatoms. The first-order chi connectivity index (χ1) is 15.5. The van der Waals surface area contributed by atoms with Gasteiger partial charge in [0.25, 0.3) is 5.56 Å². The molecule has 1 amide bonds. The van der Waals surface area contributed by atoms with Crippen LogP contribution in [0, 0.1) is 11.7 Å². The molecular weight excluding hydrogens is 407 g/mol. The molecule has 4 rings (SSSR count). The van der Waals surface area contributed by atoms with E-state index in [-0.39, 0.29) is 23.2 Å². The SMILES string of the molecule is CCc1ccc(-n2nc(N3CCC[C@@H](C(=O)NCc4cccc(F)c4)C3)ccc2=O)cc1. The summed E-state index contributed by atoms with van der Waals surface area (Å²) < 4.78 is 14.8. The zero-order valence-corrected chi connectivity index (χ0v) is 18.1. The van der Waals surface area contributed by atoms with E-state index in [0.29, 0.717) is 18.9 Å². The number of rotatable bonds is 6. The summed E-state index contributed by atoms with van der Waals surface area (Å²) in [6, 6.07) is 17.3. The Kier molecular flexibility index (Phi) is 6.63.